The largest absolute Gasteiger partial charge is 0.376 e. The van der Waals surface area contributed by atoms with Crippen molar-refractivity contribution in [2.24, 2.45) is 0 Å². The molecule has 0 atom stereocenters. The first kappa shape index (κ1) is 9.81. The molecule has 4 heteroatoms. The summed E-state index contributed by atoms with van der Waals surface area (Å²) >= 11 is 8.91. The van der Waals surface area contributed by atoms with Crippen molar-refractivity contribution in [2.75, 3.05) is 19.0 Å². The van der Waals surface area contributed by atoms with E-state index in [9.17, 15) is 4.39 Å². The number of benzene rings is 1. The lowest BCUT2D eigenvalue weighted by atomic mass is 10.3. The van der Waals surface area contributed by atoms with Gasteiger partial charge in [0, 0.05) is 18.6 Å². The summed E-state index contributed by atoms with van der Waals surface area (Å²) in [4.78, 5) is 1.76. The van der Waals surface area contributed by atoms with Crippen LogP contribution in [0, 0.1) is 5.82 Å². The molecule has 0 fully saturated rings. The lowest BCUT2D eigenvalue weighted by molar-refractivity contribution is 0.627. The lowest BCUT2D eigenvalue weighted by Crippen LogP contribution is -2.09. The van der Waals surface area contributed by atoms with Crippen molar-refractivity contribution < 1.29 is 4.39 Å². The number of rotatable bonds is 1. The van der Waals surface area contributed by atoms with Gasteiger partial charge in [0.1, 0.15) is 5.82 Å². The van der Waals surface area contributed by atoms with Gasteiger partial charge in [-0.05, 0) is 12.1 Å². The molecule has 1 nitrogen and oxygen atoms in total. The fourth-order valence-corrected chi connectivity index (χ4v) is 1.56. The van der Waals surface area contributed by atoms with Gasteiger partial charge in [-0.15, -0.1) is 0 Å². The monoisotopic (exact) mass is 251 g/mol. The highest BCUT2D eigenvalue weighted by Crippen LogP contribution is 2.30. The number of hydrogen-bond acceptors (Lipinski definition) is 1. The summed E-state index contributed by atoms with van der Waals surface area (Å²) in [5.74, 6) is -0.408. The molecule has 0 unspecified atom stereocenters. The average molecular weight is 253 g/mol. The van der Waals surface area contributed by atoms with Crippen molar-refractivity contribution in [2.45, 2.75) is 0 Å². The Morgan fingerprint density at radius 3 is 2.50 bits per heavy atom. The number of hydrogen-bond donors (Lipinski definition) is 0. The first-order valence-electron chi connectivity index (χ1n) is 3.34. The molecule has 0 heterocycles. The van der Waals surface area contributed by atoms with Crippen molar-refractivity contribution in [1.29, 1.82) is 0 Å². The van der Waals surface area contributed by atoms with Crippen LogP contribution >= 0.6 is 27.5 Å². The van der Waals surface area contributed by atoms with Crippen LogP contribution in [0.1, 0.15) is 0 Å². The van der Waals surface area contributed by atoms with Crippen molar-refractivity contribution in [3.05, 3.63) is 27.4 Å². The first-order valence-corrected chi connectivity index (χ1v) is 4.51. The molecule has 12 heavy (non-hydrogen) atoms. The van der Waals surface area contributed by atoms with Gasteiger partial charge in [-0.3, -0.25) is 0 Å². The molecule has 0 bridgehead atoms. The summed E-state index contributed by atoms with van der Waals surface area (Å²) in [6, 6.07) is 3.11. The Morgan fingerprint density at radius 1 is 1.42 bits per heavy atom. The molecule has 0 saturated heterocycles. The van der Waals surface area contributed by atoms with Crippen LogP contribution in [-0.2, 0) is 0 Å². The van der Waals surface area contributed by atoms with Crippen LogP contribution in [-0.4, -0.2) is 14.1 Å². The predicted molar refractivity (Wildman–Crippen MR) is 53.4 cm³/mol. The predicted octanol–water partition coefficient (Wildman–Crippen LogP) is 3.31. The van der Waals surface area contributed by atoms with E-state index in [-0.39, 0.29) is 5.02 Å². The normalized spacial score (nSPS) is 10.1. The van der Waals surface area contributed by atoms with Gasteiger partial charge in [0.05, 0.1) is 10.7 Å². The number of nitrogens with zero attached hydrogens (tertiary/aromatic N) is 1. The smallest absolute Gasteiger partial charge is 0.145 e. The lowest BCUT2D eigenvalue weighted by Gasteiger charge is -2.14. The standard InChI is InChI=1S/C8H8BrClFN/c1-12(2)7-4-5(9)3-6(11)8(7)10/h3-4H,1-2H3. The highest BCUT2D eigenvalue weighted by molar-refractivity contribution is 9.10. The third kappa shape index (κ3) is 1.90. The van der Waals surface area contributed by atoms with Gasteiger partial charge in [-0.25, -0.2) is 4.39 Å². The van der Waals surface area contributed by atoms with E-state index in [0.717, 1.165) is 0 Å². The van der Waals surface area contributed by atoms with E-state index in [1.54, 1.807) is 11.0 Å². The third-order valence-corrected chi connectivity index (χ3v) is 2.29. The minimum absolute atomic E-state index is 0.156. The molecule has 0 aliphatic heterocycles. The summed E-state index contributed by atoms with van der Waals surface area (Å²) in [6.07, 6.45) is 0. The molecule has 0 radical (unpaired) electrons. The van der Waals surface area contributed by atoms with Crippen LogP contribution in [0.3, 0.4) is 0 Å². The van der Waals surface area contributed by atoms with Crippen LogP contribution in [0.15, 0.2) is 16.6 Å². The third-order valence-electron chi connectivity index (χ3n) is 1.46. The minimum atomic E-state index is -0.408. The summed E-state index contributed by atoms with van der Waals surface area (Å²) in [6.45, 7) is 0. The van der Waals surface area contributed by atoms with Crippen LogP contribution in [0.4, 0.5) is 10.1 Å². The van der Waals surface area contributed by atoms with Gasteiger partial charge in [0.25, 0.3) is 0 Å². The second-order valence-corrected chi connectivity index (χ2v) is 3.91. The second kappa shape index (κ2) is 3.62. The zero-order chi connectivity index (χ0) is 9.30. The van der Waals surface area contributed by atoms with Crippen molar-refractivity contribution in [3.63, 3.8) is 0 Å². The van der Waals surface area contributed by atoms with Gasteiger partial charge in [0.2, 0.25) is 0 Å². The van der Waals surface area contributed by atoms with E-state index < -0.39 is 5.82 Å². The van der Waals surface area contributed by atoms with Crippen molar-refractivity contribution in [1.82, 2.24) is 0 Å². The summed E-state index contributed by atoms with van der Waals surface area (Å²) in [5.41, 5.74) is 0.670. The van der Waals surface area contributed by atoms with E-state index in [1.165, 1.54) is 6.07 Å². The average Bonchev–Trinajstić information content (AvgIpc) is 1.96. The van der Waals surface area contributed by atoms with Crippen LogP contribution < -0.4 is 4.90 Å². The Bertz CT molecular complexity index is 301. The maximum atomic E-state index is 13.0. The topological polar surface area (TPSA) is 3.24 Å². The Balaban J connectivity index is 3.28. The van der Waals surface area contributed by atoms with E-state index >= 15 is 0 Å². The van der Waals surface area contributed by atoms with Gasteiger partial charge < -0.3 is 4.90 Å². The molecular weight excluding hydrogens is 244 g/mol. The van der Waals surface area contributed by atoms with Gasteiger partial charge in [-0.1, -0.05) is 27.5 Å². The first-order chi connectivity index (χ1) is 5.52. The second-order valence-electron chi connectivity index (χ2n) is 2.62. The highest BCUT2D eigenvalue weighted by Gasteiger charge is 2.08. The van der Waals surface area contributed by atoms with Crippen LogP contribution in [0.25, 0.3) is 0 Å². The molecule has 1 aromatic carbocycles. The zero-order valence-corrected chi connectivity index (χ0v) is 9.08. The van der Waals surface area contributed by atoms with E-state index in [1.807, 2.05) is 14.1 Å². The molecule has 1 aromatic rings. The maximum Gasteiger partial charge on any atom is 0.145 e. The molecule has 0 N–H and O–H groups in total. The summed E-state index contributed by atoms with van der Waals surface area (Å²) in [5, 5.41) is 0.156. The quantitative estimate of drug-likeness (QED) is 0.693. The maximum absolute atomic E-state index is 13.0. The zero-order valence-electron chi connectivity index (χ0n) is 6.74. The highest BCUT2D eigenvalue weighted by atomic mass is 79.9. The fourth-order valence-electron chi connectivity index (χ4n) is 0.868. The fraction of sp³-hybridized carbons (Fsp3) is 0.250. The van der Waals surface area contributed by atoms with E-state index in [2.05, 4.69) is 15.9 Å². The van der Waals surface area contributed by atoms with E-state index in [4.69, 9.17) is 11.6 Å². The summed E-state index contributed by atoms with van der Waals surface area (Å²) < 4.78 is 13.7. The molecular formula is C8H8BrClFN. The minimum Gasteiger partial charge on any atom is -0.376 e. The van der Waals surface area contributed by atoms with Crippen LogP contribution in [0.2, 0.25) is 5.02 Å². The SMILES string of the molecule is CN(C)c1cc(Br)cc(F)c1Cl. The molecule has 0 aromatic heterocycles. The molecule has 0 saturated carbocycles. The Kier molecular flexibility index (Phi) is 2.96. The molecule has 0 aliphatic rings. The van der Waals surface area contributed by atoms with Gasteiger partial charge >= 0.3 is 0 Å². The molecule has 0 amide bonds. The van der Waals surface area contributed by atoms with Gasteiger partial charge in [-0.2, -0.15) is 0 Å². The summed E-state index contributed by atoms with van der Waals surface area (Å²) in [7, 11) is 3.63. The Labute approximate surface area is 84.3 Å². The van der Waals surface area contributed by atoms with E-state index in [0.29, 0.717) is 10.2 Å². The Morgan fingerprint density at radius 2 is 2.00 bits per heavy atom. The Hall–Kier alpha value is -0.280. The molecule has 0 spiro atoms. The van der Waals surface area contributed by atoms with Crippen molar-refractivity contribution in [3.8, 4) is 0 Å². The van der Waals surface area contributed by atoms with Crippen LogP contribution in [0.5, 0.6) is 0 Å². The molecule has 66 valence electrons. The molecule has 1 rings (SSSR count). The molecule has 0 aliphatic carbocycles. The van der Waals surface area contributed by atoms with Gasteiger partial charge in [0.15, 0.2) is 0 Å². The van der Waals surface area contributed by atoms with Crippen molar-refractivity contribution >= 4 is 33.2 Å². The number of halogens is 3. The number of anilines is 1.